The maximum Gasteiger partial charge on any atom is 0.322 e. The molecule has 1 saturated heterocycles. The highest BCUT2D eigenvalue weighted by Gasteiger charge is 2.43. The van der Waals surface area contributed by atoms with E-state index in [1.54, 1.807) is 26.0 Å². The van der Waals surface area contributed by atoms with Crippen LogP contribution in [0.25, 0.3) is 0 Å². The van der Waals surface area contributed by atoms with E-state index in [2.05, 4.69) is 63.8 Å². The number of hydrogen-bond donors (Lipinski definition) is 25. The molecule has 4 rings (SSSR count). The zero-order valence-electron chi connectivity index (χ0n) is 67.4. The number of nitrogens with two attached hydrogens (primary N) is 3. The van der Waals surface area contributed by atoms with Gasteiger partial charge in [0.05, 0.1) is 51.7 Å². The van der Waals surface area contributed by atoms with Gasteiger partial charge in [0.2, 0.25) is 100 Å². The van der Waals surface area contributed by atoms with Gasteiger partial charge in [0, 0.05) is 19.4 Å². The minimum absolute atomic E-state index is 0.0104. The topological polar surface area (TPSA) is 736 Å². The summed E-state index contributed by atoms with van der Waals surface area (Å²) in [6, 6.07) is -6.51. The Hall–Kier alpha value is -13.2. The van der Waals surface area contributed by atoms with E-state index in [0.717, 1.165) is 11.8 Å². The quantitative estimate of drug-likeness (QED) is 0.0250. The Morgan fingerprint density at radius 2 is 0.760 bits per heavy atom. The highest BCUT2D eigenvalue weighted by atomic mass is 16.4. The van der Waals surface area contributed by atoms with Crippen LogP contribution in [0.15, 0.2) is 72.8 Å². The second kappa shape index (κ2) is 48.6. The Balaban J connectivity index is 1.44. The van der Waals surface area contributed by atoms with Gasteiger partial charge in [-0.25, -0.2) is 0 Å². The summed E-state index contributed by atoms with van der Waals surface area (Å²) in [5, 5.41) is 111. The van der Waals surface area contributed by atoms with Crippen molar-refractivity contribution >= 4 is 112 Å². The maximum atomic E-state index is 14.9. The summed E-state index contributed by atoms with van der Waals surface area (Å²) < 4.78 is 0. The van der Waals surface area contributed by atoms with Crippen molar-refractivity contribution in [1.82, 2.24) is 79.3 Å². The molecule has 17 amide bonds. The maximum absolute atomic E-state index is 14.9. The van der Waals surface area contributed by atoms with Crippen molar-refractivity contribution < 1.29 is 132 Å². The highest BCUT2D eigenvalue weighted by molar-refractivity contribution is 6.02. The lowest BCUT2D eigenvalue weighted by molar-refractivity contribution is -0.143. The van der Waals surface area contributed by atoms with Crippen molar-refractivity contribution in [2.24, 2.45) is 35.0 Å². The van der Waals surface area contributed by atoms with Crippen LogP contribution in [0.2, 0.25) is 0 Å². The molecule has 1 aliphatic rings. The molecule has 664 valence electrons. The van der Waals surface area contributed by atoms with Gasteiger partial charge >= 0.3 is 11.9 Å². The fraction of sp³-hybridized carbons (Fsp3) is 0.513. The van der Waals surface area contributed by atoms with Crippen LogP contribution in [0.1, 0.15) is 104 Å². The molecule has 0 unspecified atom stereocenters. The summed E-state index contributed by atoms with van der Waals surface area (Å²) in [7, 11) is 0. The van der Waals surface area contributed by atoms with Gasteiger partial charge in [-0.3, -0.25) is 91.1 Å². The Labute approximate surface area is 693 Å². The Morgan fingerprint density at radius 3 is 1.21 bits per heavy atom. The number of rotatable bonds is 49. The van der Waals surface area contributed by atoms with E-state index in [1.807, 2.05) is 10.6 Å². The molecule has 3 aromatic rings. The van der Waals surface area contributed by atoms with E-state index in [0.29, 0.717) is 17.5 Å². The zero-order valence-corrected chi connectivity index (χ0v) is 67.4. The number of carbonyl (C=O) groups excluding carboxylic acids is 17. The van der Waals surface area contributed by atoms with Crippen molar-refractivity contribution in [2.45, 2.75) is 191 Å². The minimum Gasteiger partial charge on any atom is -0.508 e. The van der Waals surface area contributed by atoms with Gasteiger partial charge < -0.3 is 137 Å². The normalized spacial score (nSPS) is 15.8. The van der Waals surface area contributed by atoms with Crippen molar-refractivity contribution in [3.05, 3.63) is 89.5 Å². The number of carboxylic acid groups (broad SMARTS) is 2. The standard InChI is InChI=1S/C76H108N18O27/c1-8-37(6)62(93-64(109)45(77)24-39-11-17-42(98)18-12-39)75(120)88-50(26-41-15-21-44(100)22-16-41)76(121)94-23-9-10-54(94)72(117)85-48(28-56(79)102)68(113)84-46(25-40-13-19-43(99)20-14-40)65(110)80-30-57(103)83-51(32-95)70(115)91-61(36(4)5)74(119)87-49(29-58(104)105)67(112)82-38(7)63(108)89-52(33-96)69(114)90-53(34-97)71(116)92-60(35(2)3)73(118)86-47(27-55(78)101)66(111)81-31-59(106)107/h11-22,35-38,45-54,60-62,95-100H,8-10,23-34,77H2,1-7H3,(H2,78,101)(H2,79,102)(H,80,110)(H,81,111)(H,82,112)(H,83,103)(H,84,113)(H,85,117)(H,86,118)(H,87,119)(H,88,120)(H,89,108)(H,90,114)(H,91,115)(H,92,116)(H,93,109)(H,104,105)(H,106,107)/t37-,38-,45-,46-,47-,48-,49-,50-,51-,52-,53-,54-,60-,61-,62-/m0/s1. The van der Waals surface area contributed by atoms with Gasteiger partial charge in [-0.2, -0.15) is 0 Å². The lowest BCUT2D eigenvalue weighted by Gasteiger charge is -2.32. The number of amides is 17. The van der Waals surface area contributed by atoms with Crippen LogP contribution in [-0.2, 0) is 110 Å². The van der Waals surface area contributed by atoms with Crippen LogP contribution in [-0.4, -0.2) is 282 Å². The molecule has 1 aliphatic heterocycles. The average molecular weight is 1710 g/mol. The first-order valence-electron chi connectivity index (χ1n) is 38.3. The lowest BCUT2D eigenvalue weighted by atomic mass is 9.96. The van der Waals surface area contributed by atoms with E-state index in [9.17, 15) is 127 Å². The molecule has 121 heavy (non-hydrogen) atoms. The van der Waals surface area contributed by atoms with Crippen LogP contribution in [0.3, 0.4) is 0 Å². The summed E-state index contributed by atoms with van der Waals surface area (Å²) in [6.45, 7) is 4.52. The first-order chi connectivity index (χ1) is 56.9. The third-order valence-electron chi connectivity index (χ3n) is 19.0. The van der Waals surface area contributed by atoms with E-state index in [4.69, 9.17) is 22.3 Å². The van der Waals surface area contributed by atoms with Gasteiger partial charge in [0.25, 0.3) is 0 Å². The number of hydrogen-bond acceptors (Lipinski definition) is 26. The van der Waals surface area contributed by atoms with Gasteiger partial charge in [-0.05, 0) is 97.0 Å². The number of nitrogens with zero attached hydrogens (tertiary/aromatic N) is 1. The number of nitrogens with one attached hydrogen (secondary N) is 14. The van der Waals surface area contributed by atoms with E-state index >= 15 is 0 Å². The molecule has 3 aromatic carbocycles. The molecule has 0 bridgehead atoms. The van der Waals surface area contributed by atoms with E-state index in [-0.39, 0.29) is 55.0 Å². The number of aromatic hydroxyl groups is 3. The third-order valence-corrected chi connectivity index (χ3v) is 19.0. The van der Waals surface area contributed by atoms with Gasteiger partial charge in [0.15, 0.2) is 0 Å². The Bertz CT molecular complexity index is 4190. The van der Waals surface area contributed by atoms with Crippen LogP contribution in [0, 0.1) is 17.8 Å². The fourth-order valence-electron chi connectivity index (χ4n) is 12.0. The molecular formula is C76H108N18O27. The zero-order chi connectivity index (χ0) is 90.8. The molecular weight excluding hydrogens is 1600 g/mol. The molecule has 15 atom stereocenters. The molecule has 0 aromatic heterocycles. The van der Waals surface area contributed by atoms with Crippen LogP contribution >= 0.6 is 0 Å². The summed E-state index contributed by atoms with van der Waals surface area (Å²) in [5.41, 5.74) is 18.4. The van der Waals surface area contributed by atoms with Gasteiger partial charge in [-0.15, -0.1) is 0 Å². The van der Waals surface area contributed by atoms with Crippen LogP contribution < -0.4 is 91.6 Å². The third kappa shape index (κ3) is 32.9. The molecule has 0 radical (unpaired) electrons. The van der Waals surface area contributed by atoms with Crippen molar-refractivity contribution in [2.75, 3.05) is 39.5 Å². The van der Waals surface area contributed by atoms with Crippen molar-refractivity contribution in [3.63, 3.8) is 0 Å². The summed E-state index contributed by atoms with van der Waals surface area (Å²) in [5.74, 6) is -24.7. The second-order valence-electron chi connectivity index (χ2n) is 29.3. The van der Waals surface area contributed by atoms with Crippen molar-refractivity contribution in [1.29, 1.82) is 0 Å². The number of aliphatic hydroxyl groups is 3. The number of carboxylic acids is 2. The summed E-state index contributed by atoms with van der Waals surface area (Å²) in [6.07, 6.45) is -2.91. The largest absolute Gasteiger partial charge is 0.508 e. The Morgan fingerprint density at radius 1 is 0.397 bits per heavy atom. The molecule has 0 spiro atoms. The lowest BCUT2D eigenvalue weighted by Crippen LogP contribution is -2.62. The highest BCUT2D eigenvalue weighted by Crippen LogP contribution is 2.23. The molecule has 45 heteroatoms. The van der Waals surface area contributed by atoms with Crippen LogP contribution in [0.5, 0.6) is 17.2 Å². The smallest absolute Gasteiger partial charge is 0.322 e. The monoisotopic (exact) mass is 1700 g/mol. The molecule has 0 saturated carbocycles. The summed E-state index contributed by atoms with van der Waals surface area (Å²) >= 11 is 0. The molecule has 28 N–H and O–H groups in total. The van der Waals surface area contributed by atoms with E-state index in [1.165, 1.54) is 88.4 Å². The number of aliphatic hydroxyl groups excluding tert-OH is 3. The predicted molar refractivity (Wildman–Crippen MR) is 421 cm³/mol. The predicted octanol–water partition coefficient (Wildman–Crippen LogP) is -9.14. The number of likely N-dealkylation sites (tertiary alicyclic amines) is 1. The number of carbonyl (C=O) groups is 19. The molecule has 45 nitrogen and oxygen atoms in total. The second-order valence-corrected chi connectivity index (χ2v) is 29.3. The average Bonchev–Trinajstić information content (AvgIpc) is 1.72. The van der Waals surface area contributed by atoms with Gasteiger partial charge in [-0.1, -0.05) is 84.4 Å². The van der Waals surface area contributed by atoms with Crippen LogP contribution in [0.4, 0.5) is 0 Å². The minimum atomic E-state index is -2.05. The first kappa shape index (κ1) is 100. The van der Waals surface area contributed by atoms with E-state index < -0.39 is 273 Å². The van der Waals surface area contributed by atoms with Gasteiger partial charge in [0.1, 0.15) is 102 Å². The SMILES string of the molecule is CC[C@H](C)[C@H](NC(=O)[C@@H](N)Cc1ccc(O)cc1)C(=O)N[C@@H](Cc1ccc(O)cc1)C(=O)N1CCC[C@H]1C(=O)N[C@@H](CC(N)=O)C(=O)N[C@@H](Cc1ccc(O)cc1)C(=O)NCC(=O)N[C@@H](CO)C(=O)N[C@H](C(=O)N[C@@H](CC(=O)O)C(=O)N[C@@H](C)C(=O)N[C@@H](CO)C(=O)N[C@@H](CO)C(=O)N[C@H](C(=O)N[C@@H](CC(N)=O)C(=O)NCC(=O)O)C(C)C)C(C)C. The molecule has 1 heterocycles. The molecule has 1 fully saturated rings. The number of aliphatic carboxylic acids is 2. The Kier molecular flexibility index (Phi) is 40.3. The first-order valence-corrected chi connectivity index (χ1v) is 38.3. The fourth-order valence-corrected chi connectivity index (χ4v) is 12.0. The van der Waals surface area contributed by atoms with Crippen molar-refractivity contribution in [3.8, 4) is 17.2 Å². The number of phenols is 3. The number of primary amides is 2. The summed E-state index contributed by atoms with van der Waals surface area (Å²) in [4.78, 5) is 255. The number of benzene rings is 3. The number of phenolic OH excluding ortho intramolecular Hbond substituents is 3. The molecule has 0 aliphatic carbocycles.